The Morgan fingerprint density at radius 1 is 0.262 bits per heavy atom. The second-order valence-electron chi connectivity index (χ2n) is 16.8. The van der Waals surface area contributed by atoms with Crippen LogP contribution in [0.4, 0.5) is 0 Å². The summed E-state index contributed by atoms with van der Waals surface area (Å²) in [6, 6.07) is 75.9. The van der Waals surface area contributed by atoms with Gasteiger partial charge in [0, 0.05) is 61.7 Å². The molecule has 3 heteroatoms. The molecule has 2 nitrogen and oxygen atoms in total. The van der Waals surface area contributed by atoms with Crippen LogP contribution in [-0.2, 0) is 0 Å². The van der Waals surface area contributed by atoms with Gasteiger partial charge in [-0.15, -0.1) is 11.3 Å². The summed E-state index contributed by atoms with van der Waals surface area (Å²) < 4.78 is 2.58. The predicted octanol–water partition coefficient (Wildman–Crippen LogP) is 17.5. The minimum atomic E-state index is 1.08. The van der Waals surface area contributed by atoms with Crippen LogP contribution in [0, 0.1) is 0 Å². The van der Waals surface area contributed by atoms with Crippen LogP contribution in [0.5, 0.6) is 0 Å². The van der Waals surface area contributed by atoms with Gasteiger partial charge in [-0.1, -0.05) is 170 Å². The van der Waals surface area contributed by atoms with Crippen LogP contribution in [0.2, 0.25) is 0 Å². The first-order chi connectivity index (χ1) is 32.3. The number of fused-ring (bicyclic) bond motifs is 7. The third-order valence-electron chi connectivity index (χ3n) is 13.2. The van der Waals surface area contributed by atoms with E-state index in [0.717, 1.165) is 27.8 Å². The van der Waals surface area contributed by atoms with Crippen LogP contribution < -0.4 is 0 Å². The molecule has 0 saturated heterocycles. The Bertz CT molecular complexity index is 3810. The van der Waals surface area contributed by atoms with Gasteiger partial charge in [0.25, 0.3) is 0 Å². The van der Waals surface area contributed by atoms with Crippen LogP contribution in [0.25, 0.3) is 130 Å². The topological polar surface area (TPSA) is 25.8 Å². The minimum Gasteiger partial charge on any atom is -0.264 e. The van der Waals surface area contributed by atoms with Gasteiger partial charge in [0.05, 0.1) is 0 Å². The third-order valence-corrected chi connectivity index (χ3v) is 14.4. The van der Waals surface area contributed by atoms with E-state index in [1.165, 1.54) is 102 Å². The van der Waals surface area contributed by atoms with E-state index in [4.69, 9.17) is 0 Å². The Hall–Kier alpha value is -8.24. The van der Waals surface area contributed by atoms with E-state index in [1.807, 2.05) is 48.3 Å². The Morgan fingerprint density at radius 3 is 1.20 bits per heavy atom. The molecule has 0 bridgehead atoms. The van der Waals surface area contributed by atoms with Crippen molar-refractivity contribution in [3.63, 3.8) is 0 Å². The summed E-state index contributed by atoms with van der Waals surface area (Å²) in [5.74, 6) is 0. The van der Waals surface area contributed by atoms with Crippen LogP contribution >= 0.6 is 11.3 Å². The van der Waals surface area contributed by atoms with E-state index in [9.17, 15) is 0 Å². The number of nitrogens with zero attached hydrogens (tertiary/aromatic N) is 2. The summed E-state index contributed by atoms with van der Waals surface area (Å²) in [5, 5.41) is 12.5. The molecule has 0 spiro atoms. The summed E-state index contributed by atoms with van der Waals surface area (Å²) in [7, 11) is 0. The number of thiophene rings is 1. The predicted molar refractivity (Wildman–Crippen MR) is 278 cm³/mol. The number of pyridine rings is 2. The molecule has 13 aromatic rings. The van der Waals surface area contributed by atoms with E-state index >= 15 is 0 Å². The van der Waals surface area contributed by atoms with Gasteiger partial charge in [0.2, 0.25) is 0 Å². The largest absolute Gasteiger partial charge is 0.264 e. The van der Waals surface area contributed by atoms with Crippen LogP contribution in [-0.4, -0.2) is 9.97 Å². The highest BCUT2D eigenvalue weighted by atomic mass is 32.1. The van der Waals surface area contributed by atoms with Crippen LogP contribution in [0.15, 0.2) is 231 Å². The maximum absolute atomic E-state index is 4.50. The lowest BCUT2D eigenvalue weighted by atomic mass is 9.84. The third kappa shape index (κ3) is 6.08. The maximum atomic E-state index is 4.50. The molecule has 3 aromatic heterocycles. The molecule has 3 heterocycles. The molecule has 0 radical (unpaired) electrons. The van der Waals surface area contributed by atoms with Crippen molar-refractivity contribution in [1.29, 1.82) is 0 Å². The number of hydrogen-bond acceptors (Lipinski definition) is 3. The lowest BCUT2D eigenvalue weighted by Crippen LogP contribution is -1.92. The summed E-state index contributed by atoms with van der Waals surface area (Å²) in [6.45, 7) is 0. The molecular formula is C62H38N2S. The Morgan fingerprint density at radius 2 is 0.692 bits per heavy atom. The SMILES string of the molecule is c1ccc(-c2c3ccccc3c(-c3ccc4c(c3)sc3c(-c5c6ccccc6c(-c6cc(-c7cccnc7)cc(-c7cccnc7)c6)c6ccccc56)cccc34)c3ccccc23)cc1. The quantitative estimate of drug-likeness (QED) is 0.156. The summed E-state index contributed by atoms with van der Waals surface area (Å²) in [5.41, 5.74) is 14.3. The fourth-order valence-corrected chi connectivity index (χ4v) is 11.7. The molecule has 0 fully saturated rings. The van der Waals surface area contributed by atoms with Crippen molar-refractivity contribution >= 4 is 74.6 Å². The highest BCUT2D eigenvalue weighted by molar-refractivity contribution is 7.26. The summed E-state index contributed by atoms with van der Waals surface area (Å²) in [6.07, 6.45) is 7.57. The fraction of sp³-hybridized carbons (Fsp3) is 0. The maximum Gasteiger partial charge on any atom is 0.0434 e. The molecule has 13 rings (SSSR count). The van der Waals surface area contributed by atoms with E-state index < -0.39 is 0 Å². The van der Waals surface area contributed by atoms with E-state index in [0.29, 0.717) is 0 Å². The van der Waals surface area contributed by atoms with E-state index in [2.05, 4.69) is 204 Å². The van der Waals surface area contributed by atoms with Crippen molar-refractivity contribution in [2.24, 2.45) is 0 Å². The molecule has 0 saturated carbocycles. The second kappa shape index (κ2) is 15.2. The number of aromatic nitrogens is 2. The van der Waals surface area contributed by atoms with Crippen molar-refractivity contribution in [2.45, 2.75) is 0 Å². The van der Waals surface area contributed by atoms with Crippen molar-refractivity contribution < 1.29 is 0 Å². The first-order valence-electron chi connectivity index (χ1n) is 22.1. The summed E-state index contributed by atoms with van der Waals surface area (Å²) in [4.78, 5) is 9.00. The van der Waals surface area contributed by atoms with Crippen molar-refractivity contribution in [1.82, 2.24) is 9.97 Å². The van der Waals surface area contributed by atoms with Gasteiger partial charge in [-0.2, -0.15) is 0 Å². The minimum absolute atomic E-state index is 1.08. The molecule has 0 aliphatic carbocycles. The molecular weight excluding hydrogens is 805 g/mol. The zero-order valence-electron chi connectivity index (χ0n) is 35.2. The zero-order chi connectivity index (χ0) is 42.8. The standard InChI is InChI=1S/C62H38N2S/c1-2-15-39(16-3-1)58-47-19-4-6-21-49(47)59(50-22-7-5-20-48(50)58)40-29-30-46-55-27-12-28-56(62(55)65-57(46)36-40)61-53-25-10-8-23-51(53)60(52-24-9-11-26-54(52)61)45-34-43(41-17-13-31-63-37-41)33-44(35-45)42-18-14-32-64-38-42/h1-38H. The smallest absolute Gasteiger partial charge is 0.0434 e. The second-order valence-corrected chi connectivity index (χ2v) is 17.9. The van der Waals surface area contributed by atoms with Gasteiger partial charge in [0.15, 0.2) is 0 Å². The molecule has 302 valence electrons. The van der Waals surface area contributed by atoms with Gasteiger partial charge < -0.3 is 0 Å². The molecule has 0 aliphatic rings. The van der Waals surface area contributed by atoms with Crippen LogP contribution in [0.1, 0.15) is 0 Å². The molecule has 0 N–H and O–H groups in total. The highest BCUT2D eigenvalue weighted by Gasteiger charge is 2.22. The van der Waals surface area contributed by atoms with Gasteiger partial charge in [-0.05, 0) is 130 Å². The molecule has 10 aromatic carbocycles. The lowest BCUT2D eigenvalue weighted by molar-refractivity contribution is 1.32. The van der Waals surface area contributed by atoms with Crippen LogP contribution in [0.3, 0.4) is 0 Å². The number of hydrogen-bond donors (Lipinski definition) is 0. The Balaban J connectivity index is 1.04. The first-order valence-corrected chi connectivity index (χ1v) is 22.9. The first kappa shape index (κ1) is 37.3. The van der Waals surface area contributed by atoms with Crippen molar-refractivity contribution in [3.8, 4) is 66.8 Å². The van der Waals surface area contributed by atoms with E-state index in [-0.39, 0.29) is 0 Å². The van der Waals surface area contributed by atoms with Crippen molar-refractivity contribution in [3.05, 3.63) is 231 Å². The lowest BCUT2D eigenvalue weighted by Gasteiger charge is -2.19. The molecule has 0 amide bonds. The van der Waals surface area contributed by atoms with Crippen molar-refractivity contribution in [2.75, 3.05) is 0 Å². The molecule has 65 heavy (non-hydrogen) atoms. The molecule has 0 atom stereocenters. The fourth-order valence-electron chi connectivity index (χ4n) is 10.4. The number of rotatable bonds is 6. The average molecular weight is 843 g/mol. The van der Waals surface area contributed by atoms with Gasteiger partial charge >= 0.3 is 0 Å². The van der Waals surface area contributed by atoms with E-state index in [1.54, 1.807) is 0 Å². The Kier molecular flexibility index (Phi) is 8.75. The monoisotopic (exact) mass is 842 g/mol. The van der Waals surface area contributed by atoms with Gasteiger partial charge in [-0.25, -0.2) is 0 Å². The molecule has 0 aliphatic heterocycles. The summed E-state index contributed by atoms with van der Waals surface area (Å²) >= 11 is 1.91. The Labute approximate surface area is 380 Å². The van der Waals surface area contributed by atoms with Gasteiger partial charge in [-0.3, -0.25) is 9.97 Å². The van der Waals surface area contributed by atoms with Gasteiger partial charge in [0.1, 0.15) is 0 Å². The highest BCUT2D eigenvalue weighted by Crippen LogP contribution is 2.50. The number of benzene rings is 10. The molecule has 0 unspecified atom stereocenters. The normalized spacial score (nSPS) is 11.7. The average Bonchev–Trinajstić information content (AvgIpc) is 3.76. The zero-order valence-corrected chi connectivity index (χ0v) is 36.1.